The van der Waals surface area contributed by atoms with E-state index in [-0.39, 0.29) is 5.41 Å². The van der Waals surface area contributed by atoms with Crippen LogP contribution in [0.15, 0.2) is 30.3 Å². The van der Waals surface area contributed by atoms with Gasteiger partial charge in [0.1, 0.15) is 6.29 Å². The Kier molecular flexibility index (Phi) is 5.15. The molecular formula is C13H19NO2. The van der Waals surface area contributed by atoms with E-state index in [0.29, 0.717) is 13.2 Å². The summed E-state index contributed by atoms with van der Waals surface area (Å²) < 4.78 is 5.02. The molecule has 0 bridgehead atoms. The van der Waals surface area contributed by atoms with Crippen LogP contribution in [0.2, 0.25) is 0 Å². The number of benzene rings is 1. The summed E-state index contributed by atoms with van der Waals surface area (Å²) in [5, 5.41) is 0. The van der Waals surface area contributed by atoms with Crippen molar-refractivity contribution in [2.75, 3.05) is 13.2 Å². The molecule has 0 aliphatic carbocycles. The average Bonchev–Trinajstić information content (AvgIpc) is 2.79. The smallest absolute Gasteiger partial charge is 0.128 e. The van der Waals surface area contributed by atoms with E-state index in [2.05, 4.69) is 0 Å². The van der Waals surface area contributed by atoms with Crippen molar-refractivity contribution in [2.24, 2.45) is 11.1 Å². The summed E-state index contributed by atoms with van der Waals surface area (Å²) in [5.74, 6) is 0. The molecule has 1 aromatic carbocycles. The molecule has 1 aliphatic heterocycles. The van der Waals surface area contributed by atoms with Gasteiger partial charge in [0, 0.05) is 18.6 Å². The third kappa shape index (κ3) is 4.13. The Labute approximate surface area is 96.6 Å². The molecule has 2 rings (SSSR count). The fourth-order valence-corrected chi connectivity index (χ4v) is 1.39. The molecule has 0 radical (unpaired) electrons. The highest BCUT2D eigenvalue weighted by molar-refractivity contribution is 5.59. The van der Waals surface area contributed by atoms with Gasteiger partial charge in [-0.1, -0.05) is 37.3 Å². The Bertz CT molecular complexity index is 305. The molecule has 1 heterocycles. The lowest BCUT2D eigenvalue weighted by Crippen LogP contribution is -2.16. The van der Waals surface area contributed by atoms with E-state index in [1.807, 2.05) is 37.3 Å². The summed E-state index contributed by atoms with van der Waals surface area (Å²) in [5.41, 5.74) is 6.37. The summed E-state index contributed by atoms with van der Waals surface area (Å²) in [6.07, 6.45) is 1.87. The zero-order valence-corrected chi connectivity index (χ0v) is 9.69. The van der Waals surface area contributed by atoms with Crippen molar-refractivity contribution in [1.82, 2.24) is 0 Å². The van der Waals surface area contributed by atoms with E-state index in [1.54, 1.807) is 0 Å². The molecule has 1 fully saturated rings. The van der Waals surface area contributed by atoms with Crippen LogP contribution in [0.3, 0.4) is 0 Å². The summed E-state index contributed by atoms with van der Waals surface area (Å²) in [7, 11) is 0. The van der Waals surface area contributed by atoms with E-state index >= 15 is 0 Å². The van der Waals surface area contributed by atoms with Gasteiger partial charge in [0.05, 0.1) is 6.61 Å². The van der Waals surface area contributed by atoms with E-state index < -0.39 is 0 Å². The van der Waals surface area contributed by atoms with Crippen LogP contribution in [0.1, 0.15) is 18.9 Å². The molecule has 2 N–H and O–H groups in total. The minimum Gasteiger partial charge on any atom is -0.380 e. The number of carbonyl (C=O) groups is 1. The fraction of sp³-hybridized carbons (Fsp3) is 0.462. The first kappa shape index (κ1) is 12.9. The van der Waals surface area contributed by atoms with Crippen LogP contribution >= 0.6 is 0 Å². The van der Waals surface area contributed by atoms with Crippen molar-refractivity contribution in [3.05, 3.63) is 35.9 Å². The van der Waals surface area contributed by atoms with Gasteiger partial charge in [0.2, 0.25) is 0 Å². The largest absolute Gasteiger partial charge is 0.380 e. The van der Waals surface area contributed by atoms with Gasteiger partial charge in [-0.05, 0) is 12.0 Å². The van der Waals surface area contributed by atoms with E-state index in [9.17, 15) is 4.79 Å². The number of carbonyl (C=O) groups excluding carboxylic acids is 1. The fourth-order valence-electron chi connectivity index (χ4n) is 1.39. The first-order valence-corrected chi connectivity index (χ1v) is 5.48. The molecule has 0 aromatic heterocycles. The maximum absolute atomic E-state index is 10.2. The van der Waals surface area contributed by atoms with Gasteiger partial charge in [0.25, 0.3) is 0 Å². The van der Waals surface area contributed by atoms with Crippen LogP contribution < -0.4 is 5.73 Å². The molecule has 1 unspecified atom stereocenters. The number of hydrogen-bond acceptors (Lipinski definition) is 3. The van der Waals surface area contributed by atoms with Gasteiger partial charge in [-0.3, -0.25) is 0 Å². The Balaban J connectivity index is 0.000000160. The van der Waals surface area contributed by atoms with Crippen LogP contribution in [-0.4, -0.2) is 19.5 Å². The summed E-state index contributed by atoms with van der Waals surface area (Å²) in [6.45, 7) is 3.92. The predicted molar refractivity (Wildman–Crippen MR) is 63.9 cm³/mol. The molecule has 88 valence electrons. The SMILES string of the molecule is CC1(C=O)CCOC1.NCc1ccccc1. The first-order chi connectivity index (χ1) is 7.70. The molecule has 1 atom stereocenters. The lowest BCUT2D eigenvalue weighted by molar-refractivity contribution is -0.115. The van der Waals surface area contributed by atoms with Crippen molar-refractivity contribution < 1.29 is 9.53 Å². The summed E-state index contributed by atoms with van der Waals surface area (Å²) >= 11 is 0. The van der Waals surface area contributed by atoms with Crippen molar-refractivity contribution in [2.45, 2.75) is 19.9 Å². The van der Waals surface area contributed by atoms with Gasteiger partial charge >= 0.3 is 0 Å². The Morgan fingerprint density at radius 2 is 2.12 bits per heavy atom. The molecule has 0 spiro atoms. The lowest BCUT2D eigenvalue weighted by Gasteiger charge is -2.09. The van der Waals surface area contributed by atoms with Gasteiger partial charge in [-0.2, -0.15) is 0 Å². The van der Waals surface area contributed by atoms with Crippen LogP contribution in [0.25, 0.3) is 0 Å². The Hall–Kier alpha value is -1.19. The zero-order chi connectivity index (χ0) is 11.9. The average molecular weight is 221 g/mol. The highest BCUT2D eigenvalue weighted by Gasteiger charge is 2.28. The normalized spacial score (nSPS) is 23.4. The number of nitrogens with two attached hydrogens (primary N) is 1. The Morgan fingerprint density at radius 3 is 2.44 bits per heavy atom. The van der Waals surface area contributed by atoms with Gasteiger partial charge in [0.15, 0.2) is 0 Å². The van der Waals surface area contributed by atoms with Crippen LogP contribution in [-0.2, 0) is 16.1 Å². The second kappa shape index (κ2) is 6.40. The molecular weight excluding hydrogens is 202 g/mol. The lowest BCUT2D eigenvalue weighted by atomic mass is 9.93. The quantitative estimate of drug-likeness (QED) is 0.774. The zero-order valence-electron chi connectivity index (χ0n) is 9.69. The standard InChI is InChI=1S/C7H9N.C6H10O2/c8-6-7-4-2-1-3-5-7;1-6(4-7)2-3-8-5-6/h1-5H,6,8H2;4H,2-3,5H2,1H3. The van der Waals surface area contributed by atoms with Crippen molar-refractivity contribution in [3.8, 4) is 0 Å². The maximum atomic E-state index is 10.2. The third-order valence-corrected chi connectivity index (χ3v) is 2.61. The van der Waals surface area contributed by atoms with Gasteiger partial charge in [-0.15, -0.1) is 0 Å². The van der Waals surface area contributed by atoms with Crippen molar-refractivity contribution >= 4 is 6.29 Å². The molecule has 0 amide bonds. The summed E-state index contributed by atoms with van der Waals surface area (Å²) in [6, 6.07) is 9.99. The molecule has 1 aromatic rings. The molecule has 3 nitrogen and oxygen atoms in total. The van der Waals surface area contributed by atoms with Crippen LogP contribution in [0, 0.1) is 5.41 Å². The second-order valence-corrected chi connectivity index (χ2v) is 4.26. The molecule has 1 saturated heterocycles. The van der Waals surface area contributed by atoms with Crippen molar-refractivity contribution in [3.63, 3.8) is 0 Å². The minimum absolute atomic E-state index is 0.167. The molecule has 16 heavy (non-hydrogen) atoms. The first-order valence-electron chi connectivity index (χ1n) is 5.48. The van der Waals surface area contributed by atoms with E-state index in [4.69, 9.17) is 10.5 Å². The van der Waals surface area contributed by atoms with Crippen molar-refractivity contribution in [1.29, 1.82) is 0 Å². The summed E-state index contributed by atoms with van der Waals surface area (Å²) in [4.78, 5) is 10.2. The monoisotopic (exact) mass is 221 g/mol. The van der Waals surface area contributed by atoms with E-state index in [1.165, 1.54) is 5.56 Å². The Morgan fingerprint density at radius 1 is 1.44 bits per heavy atom. The highest BCUT2D eigenvalue weighted by atomic mass is 16.5. The number of hydrogen-bond donors (Lipinski definition) is 1. The maximum Gasteiger partial charge on any atom is 0.128 e. The highest BCUT2D eigenvalue weighted by Crippen LogP contribution is 2.24. The number of ether oxygens (including phenoxy) is 1. The van der Waals surface area contributed by atoms with Gasteiger partial charge < -0.3 is 15.3 Å². The van der Waals surface area contributed by atoms with Gasteiger partial charge in [-0.25, -0.2) is 0 Å². The van der Waals surface area contributed by atoms with E-state index in [0.717, 1.165) is 19.3 Å². The molecule has 3 heteroatoms. The predicted octanol–water partition coefficient (Wildman–Crippen LogP) is 1.76. The van der Waals surface area contributed by atoms with Crippen LogP contribution in [0.4, 0.5) is 0 Å². The number of rotatable bonds is 2. The molecule has 0 saturated carbocycles. The third-order valence-electron chi connectivity index (χ3n) is 2.61. The van der Waals surface area contributed by atoms with Crippen LogP contribution in [0.5, 0.6) is 0 Å². The topological polar surface area (TPSA) is 52.3 Å². The second-order valence-electron chi connectivity index (χ2n) is 4.26. The minimum atomic E-state index is -0.167. The molecule has 1 aliphatic rings. The number of aldehydes is 1.